The zero-order valence-corrected chi connectivity index (χ0v) is 18.3. The number of benzene rings is 3. The van der Waals surface area contributed by atoms with E-state index in [0.29, 0.717) is 22.6 Å². The van der Waals surface area contributed by atoms with Gasteiger partial charge in [-0.05, 0) is 55.7 Å². The van der Waals surface area contributed by atoms with Crippen molar-refractivity contribution in [2.75, 3.05) is 6.61 Å². The normalized spacial score (nSPS) is 13.8. The standard InChI is InChI=1S/C27H24O5/c1-17(2)31-25(28)16-30-23-14-13-22-26(29)24(32-27(22)18(23)3)15-19-9-11-21(12-10-19)20-7-5-4-6-8-20/h4-15,17H,16H2,1-3H3/b24-15-. The van der Waals surface area contributed by atoms with Crippen molar-refractivity contribution in [1.82, 2.24) is 0 Å². The van der Waals surface area contributed by atoms with E-state index in [1.807, 2.05) is 42.5 Å². The van der Waals surface area contributed by atoms with Crippen molar-refractivity contribution in [3.05, 3.63) is 89.2 Å². The SMILES string of the molecule is Cc1c(OCC(=O)OC(C)C)ccc2c1O/C(=C\c1ccc(-c3ccccc3)cc1)C2=O. The summed E-state index contributed by atoms with van der Waals surface area (Å²) in [5, 5.41) is 0. The maximum atomic E-state index is 12.8. The first-order valence-electron chi connectivity index (χ1n) is 10.5. The van der Waals surface area contributed by atoms with Crippen molar-refractivity contribution in [1.29, 1.82) is 0 Å². The van der Waals surface area contributed by atoms with Gasteiger partial charge in [-0.2, -0.15) is 0 Å². The molecular formula is C27H24O5. The van der Waals surface area contributed by atoms with Crippen LogP contribution in [0.1, 0.15) is 35.3 Å². The second kappa shape index (κ2) is 9.10. The minimum Gasteiger partial charge on any atom is -0.481 e. The molecule has 0 amide bonds. The molecule has 0 atom stereocenters. The van der Waals surface area contributed by atoms with Crippen molar-refractivity contribution in [3.8, 4) is 22.6 Å². The number of esters is 1. The van der Waals surface area contributed by atoms with E-state index in [-0.39, 0.29) is 24.3 Å². The largest absolute Gasteiger partial charge is 0.481 e. The summed E-state index contributed by atoms with van der Waals surface area (Å²) in [5.41, 5.74) is 4.24. The highest BCUT2D eigenvalue weighted by Gasteiger charge is 2.30. The van der Waals surface area contributed by atoms with E-state index in [4.69, 9.17) is 14.2 Å². The molecule has 1 aliphatic rings. The highest BCUT2D eigenvalue weighted by Crippen LogP contribution is 2.39. The maximum absolute atomic E-state index is 12.8. The predicted molar refractivity (Wildman–Crippen MR) is 123 cm³/mol. The van der Waals surface area contributed by atoms with Crippen LogP contribution < -0.4 is 9.47 Å². The van der Waals surface area contributed by atoms with E-state index in [1.165, 1.54) is 0 Å². The van der Waals surface area contributed by atoms with Crippen molar-refractivity contribution in [2.24, 2.45) is 0 Å². The molecule has 5 nitrogen and oxygen atoms in total. The van der Waals surface area contributed by atoms with Gasteiger partial charge in [0.15, 0.2) is 12.4 Å². The number of carbonyl (C=O) groups excluding carboxylic acids is 2. The van der Waals surface area contributed by atoms with Gasteiger partial charge in [0.1, 0.15) is 11.5 Å². The van der Waals surface area contributed by atoms with E-state index in [9.17, 15) is 9.59 Å². The Labute approximate surface area is 187 Å². The van der Waals surface area contributed by atoms with Crippen LogP contribution in [-0.4, -0.2) is 24.5 Å². The summed E-state index contributed by atoms with van der Waals surface area (Å²) in [4.78, 5) is 24.6. The summed E-state index contributed by atoms with van der Waals surface area (Å²) in [5.74, 6) is 0.562. The number of allylic oxidation sites excluding steroid dienone is 1. The van der Waals surface area contributed by atoms with E-state index in [0.717, 1.165) is 16.7 Å². The van der Waals surface area contributed by atoms with E-state index < -0.39 is 5.97 Å². The number of Topliss-reactive ketones (excluding diaryl/α,β-unsaturated/α-hetero) is 1. The zero-order valence-electron chi connectivity index (χ0n) is 18.3. The lowest BCUT2D eigenvalue weighted by Crippen LogP contribution is -2.19. The second-order valence-electron chi connectivity index (χ2n) is 7.82. The number of hydrogen-bond donors (Lipinski definition) is 0. The van der Waals surface area contributed by atoms with E-state index in [2.05, 4.69) is 12.1 Å². The molecule has 32 heavy (non-hydrogen) atoms. The average Bonchev–Trinajstić information content (AvgIpc) is 3.10. The zero-order chi connectivity index (χ0) is 22.7. The van der Waals surface area contributed by atoms with Crippen LogP contribution in [0.15, 0.2) is 72.5 Å². The number of carbonyl (C=O) groups is 2. The van der Waals surface area contributed by atoms with E-state index in [1.54, 1.807) is 39.0 Å². The molecule has 0 spiro atoms. The van der Waals surface area contributed by atoms with Gasteiger partial charge in [0.2, 0.25) is 5.78 Å². The lowest BCUT2D eigenvalue weighted by atomic mass is 10.0. The van der Waals surface area contributed by atoms with Crippen molar-refractivity contribution >= 4 is 17.8 Å². The van der Waals surface area contributed by atoms with Gasteiger partial charge in [-0.1, -0.05) is 54.6 Å². The quantitative estimate of drug-likeness (QED) is 0.377. The highest BCUT2D eigenvalue weighted by atomic mass is 16.6. The Morgan fingerprint density at radius 2 is 1.66 bits per heavy atom. The predicted octanol–water partition coefficient (Wildman–Crippen LogP) is 5.61. The first-order chi connectivity index (χ1) is 15.4. The first-order valence-corrected chi connectivity index (χ1v) is 10.5. The molecule has 4 rings (SSSR count). The fourth-order valence-electron chi connectivity index (χ4n) is 3.51. The van der Waals surface area contributed by atoms with Gasteiger partial charge in [0.25, 0.3) is 0 Å². The summed E-state index contributed by atoms with van der Waals surface area (Å²) in [6.45, 7) is 5.15. The molecule has 3 aromatic carbocycles. The minimum absolute atomic E-state index is 0.180. The molecule has 1 aliphatic heterocycles. The topological polar surface area (TPSA) is 61.8 Å². The molecule has 162 valence electrons. The molecule has 0 unspecified atom stereocenters. The molecule has 0 N–H and O–H groups in total. The highest BCUT2D eigenvalue weighted by molar-refractivity contribution is 6.15. The number of ether oxygens (including phenoxy) is 3. The minimum atomic E-state index is -0.448. The number of hydrogen-bond acceptors (Lipinski definition) is 5. The summed E-state index contributed by atoms with van der Waals surface area (Å²) in [6, 6.07) is 21.4. The number of fused-ring (bicyclic) bond motifs is 1. The molecule has 0 saturated heterocycles. The van der Waals surface area contributed by atoms with Crippen LogP contribution in [0.5, 0.6) is 11.5 Å². The molecule has 0 fully saturated rings. The second-order valence-corrected chi connectivity index (χ2v) is 7.82. The third-order valence-electron chi connectivity index (χ3n) is 5.06. The smallest absolute Gasteiger partial charge is 0.344 e. The van der Waals surface area contributed by atoms with Gasteiger partial charge in [0.05, 0.1) is 11.7 Å². The first kappa shape index (κ1) is 21.4. The van der Waals surface area contributed by atoms with Crippen LogP contribution >= 0.6 is 0 Å². The lowest BCUT2D eigenvalue weighted by Gasteiger charge is -2.12. The molecule has 0 aliphatic carbocycles. The average molecular weight is 428 g/mol. The third kappa shape index (κ3) is 4.57. The fraction of sp³-hybridized carbons (Fsp3) is 0.185. The van der Waals surface area contributed by atoms with Crippen LogP contribution in [-0.2, 0) is 9.53 Å². The Morgan fingerprint density at radius 1 is 0.969 bits per heavy atom. The van der Waals surface area contributed by atoms with Gasteiger partial charge in [0, 0.05) is 5.56 Å². The number of rotatable bonds is 6. The summed E-state index contributed by atoms with van der Waals surface area (Å²) in [6.07, 6.45) is 1.53. The van der Waals surface area contributed by atoms with Crippen molar-refractivity contribution < 1.29 is 23.8 Å². The molecule has 0 saturated carbocycles. The summed E-state index contributed by atoms with van der Waals surface area (Å²) >= 11 is 0. The van der Waals surface area contributed by atoms with Crippen LogP contribution in [0.2, 0.25) is 0 Å². The van der Waals surface area contributed by atoms with Gasteiger partial charge in [-0.25, -0.2) is 4.79 Å². The van der Waals surface area contributed by atoms with Crippen LogP contribution in [0.4, 0.5) is 0 Å². The fourth-order valence-corrected chi connectivity index (χ4v) is 3.51. The number of ketones is 1. The summed E-state index contributed by atoms with van der Waals surface area (Å²) < 4.78 is 16.6. The summed E-state index contributed by atoms with van der Waals surface area (Å²) in [7, 11) is 0. The molecule has 1 heterocycles. The van der Waals surface area contributed by atoms with Crippen LogP contribution in [0.3, 0.4) is 0 Å². The van der Waals surface area contributed by atoms with Gasteiger partial charge < -0.3 is 14.2 Å². The Balaban J connectivity index is 1.51. The molecule has 3 aromatic rings. The maximum Gasteiger partial charge on any atom is 0.344 e. The molecule has 0 bridgehead atoms. The molecule has 0 radical (unpaired) electrons. The Morgan fingerprint density at radius 3 is 2.34 bits per heavy atom. The van der Waals surface area contributed by atoms with E-state index >= 15 is 0 Å². The lowest BCUT2D eigenvalue weighted by molar-refractivity contribution is -0.149. The molecule has 0 aromatic heterocycles. The monoisotopic (exact) mass is 428 g/mol. The van der Waals surface area contributed by atoms with Gasteiger partial charge >= 0.3 is 5.97 Å². The molecular weight excluding hydrogens is 404 g/mol. The Hall–Kier alpha value is -3.86. The van der Waals surface area contributed by atoms with Gasteiger partial charge in [-0.3, -0.25) is 4.79 Å². The van der Waals surface area contributed by atoms with Gasteiger partial charge in [-0.15, -0.1) is 0 Å². The van der Waals surface area contributed by atoms with Crippen LogP contribution in [0, 0.1) is 6.92 Å². The van der Waals surface area contributed by atoms with Crippen molar-refractivity contribution in [3.63, 3.8) is 0 Å². The molecule has 5 heteroatoms. The third-order valence-corrected chi connectivity index (χ3v) is 5.06. The Kier molecular flexibility index (Phi) is 6.08. The Bertz CT molecular complexity index is 1170. The van der Waals surface area contributed by atoms with Crippen LogP contribution in [0.25, 0.3) is 17.2 Å². The van der Waals surface area contributed by atoms with Crippen molar-refractivity contribution in [2.45, 2.75) is 26.9 Å².